The average Bonchev–Trinajstić information content (AvgIpc) is 2.30. The van der Waals surface area contributed by atoms with Crippen molar-refractivity contribution in [1.82, 2.24) is 0 Å². The van der Waals surface area contributed by atoms with Crippen molar-refractivity contribution in [2.45, 2.75) is 12.8 Å². The molecule has 2 N–H and O–H groups in total. The molecule has 0 aliphatic carbocycles. The molecule has 0 spiro atoms. The predicted molar refractivity (Wildman–Crippen MR) is 69.5 cm³/mol. The van der Waals surface area contributed by atoms with Crippen molar-refractivity contribution in [2.24, 2.45) is 0 Å². The maximum atomic E-state index is 13.5. The van der Waals surface area contributed by atoms with Gasteiger partial charge in [-0.15, -0.1) is 0 Å². The van der Waals surface area contributed by atoms with Crippen molar-refractivity contribution >= 4 is 23.4 Å². The summed E-state index contributed by atoms with van der Waals surface area (Å²) in [7, 11) is 0. The van der Waals surface area contributed by atoms with Crippen LogP contribution in [-0.4, -0.2) is 29.6 Å². The maximum Gasteiger partial charge on any atom is 0.337 e. The van der Waals surface area contributed by atoms with Crippen LogP contribution in [0.5, 0.6) is 0 Å². The molecular formula is C12H16FNO2S. The van der Waals surface area contributed by atoms with E-state index in [2.05, 4.69) is 5.32 Å². The highest BCUT2D eigenvalue weighted by Gasteiger charge is 2.13. The molecule has 0 atom stereocenters. The Bertz CT molecular complexity index is 385. The molecule has 0 bridgehead atoms. The van der Waals surface area contributed by atoms with Gasteiger partial charge in [-0.25, -0.2) is 9.18 Å². The molecule has 0 heterocycles. The first-order valence-corrected chi connectivity index (χ1v) is 6.81. The molecule has 0 aromatic heterocycles. The molecule has 5 heteroatoms. The lowest BCUT2D eigenvalue weighted by molar-refractivity contribution is 0.0697. The largest absolute Gasteiger partial charge is 0.478 e. The van der Waals surface area contributed by atoms with Crippen LogP contribution in [0.15, 0.2) is 18.2 Å². The monoisotopic (exact) mass is 257 g/mol. The zero-order valence-corrected chi connectivity index (χ0v) is 10.5. The van der Waals surface area contributed by atoms with Gasteiger partial charge in [0, 0.05) is 6.54 Å². The molecular weight excluding hydrogens is 241 g/mol. The summed E-state index contributed by atoms with van der Waals surface area (Å²) in [6, 6.07) is 4.06. The van der Waals surface area contributed by atoms with Gasteiger partial charge in [0.1, 0.15) is 5.82 Å². The zero-order chi connectivity index (χ0) is 12.7. The molecule has 0 aliphatic rings. The van der Waals surface area contributed by atoms with Crippen molar-refractivity contribution in [1.29, 1.82) is 0 Å². The molecule has 0 saturated heterocycles. The SMILES string of the molecule is CSCCCCNc1c(F)cccc1C(=O)O. The zero-order valence-electron chi connectivity index (χ0n) is 9.70. The molecule has 0 amide bonds. The van der Waals surface area contributed by atoms with Gasteiger partial charge in [0.05, 0.1) is 11.3 Å². The lowest BCUT2D eigenvalue weighted by Crippen LogP contribution is -2.09. The second-order valence-electron chi connectivity index (χ2n) is 3.59. The molecule has 94 valence electrons. The number of aromatic carboxylic acids is 1. The third-order valence-electron chi connectivity index (χ3n) is 2.32. The Labute approximate surface area is 104 Å². The summed E-state index contributed by atoms with van der Waals surface area (Å²) in [5.41, 5.74) is 0.0685. The second-order valence-corrected chi connectivity index (χ2v) is 4.58. The standard InChI is InChI=1S/C12H16FNO2S/c1-17-8-3-2-7-14-11-9(12(15)16)5-4-6-10(11)13/h4-6,14H,2-3,7-8H2,1H3,(H,15,16). The Balaban J connectivity index is 2.60. The average molecular weight is 257 g/mol. The summed E-state index contributed by atoms with van der Waals surface area (Å²) in [5, 5.41) is 11.8. The topological polar surface area (TPSA) is 49.3 Å². The van der Waals surface area contributed by atoms with Gasteiger partial charge in [0.2, 0.25) is 0 Å². The number of thioether (sulfide) groups is 1. The maximum absolute atomic E-state index is 13.5. The highest BCUT2D eigenvalue weighted by atomic mass is 32.2. The summed E-state index contributed by atoms with van der Waals surface area (Å²) in [6.45, 7) is 0.585. The number of carbonyl (C=O) groups is 1. The van der Waals surface area contributed by atoms with Gasteiger partial charge in [-0.1, -0.05) is 6.07 Å². The number of carboxylic acid groups (broad SMARTS) is 1. The molecule has 0 radical (unpaired) electrons. The highest BCUT2D eigenvalue weighted by Crippen LogP contribution is 2.19. The fourth-order valence-electron chi connectivity index (χ4n) is 1.47. The normalized spacial score (nSPS) is 10.2. The summed E-state index contributed by atoms with van der Waals surface area (Å²) < 4.78 is 13.5. The molecule has 0 unspecified atom stereocenters. The van der Waals surface area contributed by atoms with Gasteiger partial charge >= 0.3 is 5.97 Å². The van der Waals surface area contributed by atoms with E-state index < -0.39 is 11.8 Å². The van der Waals surface area contributed by atoms with Crippen LogP contribution >= 0.6 is 11.8 Å². The van der Waals surface area contributed by atoms with E-state index in [0.717, 1.165) is 18.6 Å². The Hall–Kier alpha value is -1.23. The van der Waals surface area contributed by atoms with Gasteiger partial charge in [0.25, 0.3) is 0 Å². The van der Waals surface area contributed by atoms with E-state index in [1.807, 2.05) is 6.26 Å². The van der Waals surface area contributed by atoms with Crippen molar-refractivity contribution < 1.29 is 14.3 Å². The molecule has 0 fully saturated rings. The van der Waals surface area contributed by atoms with Crippen LogP contribution < -0.4 is 5.32 Å². The summed E-state index contributed by atoms with van der Waals surface area (Å²) in [6.07, 6.45) is 3.96. The molecule has 1 aromatic rings. The van der Waals surface area contributed by atoms with Crippen molar-refractivity contribution in [2.75, 3.05) is 23.9 Å². The highest BCUT2D eigenvalue weighted by molar-refractivity contribution is 7.98. The Morgan fingerprint density at radius 2 is 2.24 bits per heavy atom. The number of anilines is 1. The van der Waals surface area contributed by atoms with E-state index in [1.54, 1.807) is 11.8 Å². The predicted octanol–water partition coefficient (Wildman–Crippen LogP) is 3.08. The van der Waals surface area contributed by atoms with Gasteiger partial charge in [-0.05, 0) is 37.0 Å². The first-order valence-electron chi connectivity index (χ1n) is 5.41. The number of para-hydroxylation sites is 1. The van der Waals surface area contributed by atoms with E-state index in [4.69, 9.17) is 5.11 Å². The van der Waals surface area contributed by atoms with Gasteiger partial charge < -0.3 is 10.4 Å². The number of hydrogen-bond donors (Lipinski definition) is 2. The third-order valence-corrected chi connectivity index (χ3v) is 3.02. The number of hydrogen-bond acceptors (Lipinski definition) is 3. The molecule has 17 heavy (non-hydrogen) atoms. The lowest BCUT2D eigenvalue weighted by atomic mass is 10.1. The number of nitrogens with one attached hydrogen (secondary N) is 1. The Kier molecular flexibility index (Phi) is 5.83. The lowest BCUT2D eigenvalue weighted by Gasteiger charge is -2.10. The third kappa shape index (κ3) is 4.26. The minimum absolute atomic E-state index is 0.0186. The number of rotatable bonds is 7. The first-order chi connectivity index (χ1) is 8.16. The molecule has 1 rings (SSSR count). The van der Waals surface area contributed by atoms with Crippen molar-refractivity contribution in [3.63, 3.8) is 0 Å². The van der Waals surface area contributed by atoms with Crippen molar-refractivity contribution in [3.8, 4) is 0 Å². The first kappa shape index (κ1) is 13.8. The smallest absolute Gasteiger partial charge is 0.337 e. The number of halogens is 1. The van der Waals surface area contributed by atoms with E-state index >= 15 is 0 Å². The number of benzene rings is 1. The van der Waals surface area contributed by atoms with E-state index in [0.29, 0.717) is 6.54 Å². The van der Waals surface area contributed by atoms with Gasteiger partial charge in [0.15, 0.2) is 0 Å². The summed E-state index contributed by atoms with van der Waals surface area (Å²) in [5.74, 6) is -0.573. The van der Waals surface area contributed by atoms with Crippen LogP contribution in [0.2, 0.25) is 0 Å². The van der Waals surface area contributed by atoms with Gasteiger partial charge in [-0.2, -0.15) is 11.8 Å². The van der Waals surface area contributed by atoms with Crippen LogP contribution in [-0.2, 0) is 0 Å². The second kappa shape index (κ2) is 7.17. The fraction of sp³-hybridized carbons (Fsp3) is 0.417. The number of unbranched alkanes of at least 4 members (excludes halogenated alkanes) is 1. The van der Waals surface area contributed by atoms with Gasteiger partial charge in [-0.3, -0.25) is 0 Å². The van der Waals surface area contributed by atoms with Crippen LogP contribution in [0.4, 0.5) is 10.1 Å². The van der Waals surface area contributed by atoms with E-state index in [1.165, 1.54) is 18.2 Å². The molecule has 1 aromatic carbocycles. The van der Waals surface area contributed by atoms with Crippen LogP contribution in [0.1, 0.15) is 23.2 Å². The molecule has 0 aliphatic heterocycles. The minimum atomic E-state index is -1.11. The molecule has 3 nitrogen and oxygen atoms in total. The van der Waals surface area contributed by atoms with Crippen LogP contribution in [0, 0.1) is 5.82 Å². The van der Waals surface area contributed by atoms with Crippen LogP contribution in [0.25, 0.3) is 0 Å². The minimum Gasteiger partial charge on any atom is -0.478 e. The quantitative estimate of drug-likeness (QED) is 0.737. The fourth-order valence-corrected chi connectivity index (χ4v) is 1.96. The summed E-state index contributed by atoms with van der Waals surface area (Å²) in [4.78, 5) is 10.9. The van der Waals surface area contributed by atoms with E-state index in [9.17, 15) is 9.18 Å². The van der Waals surface area contributed by atoms with Crippen molar-refractivity contribution in [3.05, 3.63) is 29.6 Å². The Morgan fingerprint density at radius 3 is 2.88 bits per heavy atom. The Morgan fingerprint density at radius 1 is 1.47 bits per heavy atom. The van der Waals surface area contributed by atoms with Crippen LogP contribution in [0.3, 0.4) is 0 Å². The summed E-state index contributed by atoms with van der Waals surface area (Å²) >= 11 is 1.76. The molecule has 0 saturated carbocycles. The number of carboxylic acids is 1. The van der Waals surface area contributed by atoms with E-state index in [-0.39, 0.29) is 11.3 Å².